The summed E-state index contributed by atoms with van der Waals surface area (Å²) in [5.41, 5.74) is 2.85. The summed E-state index contributed by atoms with van der Waals surface area (Å²) >= 11 is 0. The lowest BCUT2D eigenvalue weighted by Crippen LogP contribution is -2.17. The zero-order chi connectivity index (χ0) is 23.9. The van der Waals surface area contributed by atoms with Gasteiger partial charge in [-0.05, 0) is 54.8 Å². The van der Waals surface area contributed by atoms with Gasteiger partial charge in [0, 0.05) is 11.8 Å². The molecule has 2 rings (SSSR count). The number of hydrogen-bond donors (Lipinski definition) is 4. The summed E-state index contributed by atoms with van der Waals surface area (Å²) in [6.45, 7) is 0.107. The predicted molar refractivity (Wildman–Crippen MR) is 122 cm³/mol. The van der Waals surface area contributed by atoms with Gasteiger partial charge in [-0.15, -0.1) is 0 Å². The molecule has 0 radical (unpaired) electrons. The largest absolute Gasteiger partial charge is 0.497 e. The third-order valence-corrected chi connectivity index (χ3v) is 4.40. The Morgan fingerprint density at radius 1 is 1.03 bits per heavy atom. The number of nitrogens with one attached hydrogen (secondary N) is 2. The van der Waals surface area contributed by atoms with E-state index in [0.717, 1.165) is 5.56 Å². The maximum absolute atomic E-state index is 12.5. The zero-order valence-corrected chi connectivity index (χ0v) is 18.3. The third kappa shape index (κ3) is 9.46. The minimum Gasteiger partial charge on any atom is -0.497 e. The highest BCUT2D eigenvalue weighted by Gasteiger charge is 2.17. The van der Waals surface area contributed by atoms with Crippen LogP contribution in [0.15, 0.2) is 72.8 Å². The minimum atomic E-state index is -0.625. The number of carbonyl (C=O) groups excluding carboxylic acids is 2. The summed E-state index contributed by atoms with van der Waals surface area (Å²) in [6, 6.07) is 14.0. The van der Waals surface area contributed by atoms with E-state index in [1.54, 1.807) is 61.7 Å². The van der Waals surface area contributed by atoms with Crippen molar-refractivity contribution in [1.82, 2.24) is 5.48 Å². The van der Waals surface area contributed by atoms with Crippen LogP contribution < -0.4 is 20.3 Å². The first-order valence-corrected chi connectivity index (χ1v) is 10.3. The van der Waals surface area contributed by atoms with Crippen molar-refractivity contribution in [2.75, 3.05) is 25.6 Å². The van der Waals surface area contributed by atoms with Crippen LogP contribution in [0, 0.1) is 0 Å². The SMILES string of the molecule is COc1ccc(NC(=O)O[C@@H](CC/C=C/C=C/C(=O)NO)c2ccc(OCCO)cc2)cc1. The lowest BCUT2D eigenvalue weighted by molar-refractivity contribution is -0.124. The van der Waals surface area contributed by atoms with E-state index in [-0.39, 0.29) is 13.2 Å². The molecule has 0 saturated heterocycles. The van der Waals surface area contributed by atoms with E-state index in [0.29, 0.717) is 30.0 Å². The number of amides is 2. The predicted octanol–water partition coefficient (Wildman–Crippen LogP) is 3.75. The summed E-state index contributed by atoms with van der Waals surface area (Å²) < 4.78 is 16.2. The molecule has 33 heavy (non-hydrogen) atoms. The quantitative estimate of drug-likeness (QED) is 0.166. The standard InChI is InChI=1S/C24H28N2O7/c1-31-20-14-10-19(11-15-20)25-24(29)33-22(6-4-2-3-5-7-23(28)26-30)18-8-12-21(13-9-18)32-17-16-27/h2-3,5,7-15,22,27,30H,4,6,16-17H2,1H3,(H,25,29)(H,26,28)/b3-2+,7-5+/t22-/m0/s1. The van der Waals surface area contributed by atoms with Gasteiger partial charge in [0.25, 0.3) is 5.91 Å². The second-order valence-electron chi connectivity index (χ2n) is 6.73. The fraction of sp³-hybridized carbons (Fsp3) is 0.250. The van der Waals surface area contributed by atoms with Crippen LogP contribution in [-0.2, 0) is 9.53 Å². The van der Waals surface area contributed by atoms with Crippen molar-refractivity contribution in [3.8, 4) is 11.5 Å². The van der Waals surface area contributed by atoms with Crippen molar-refractivity contribution in [3.63, 3.8) is 0 Å². The molecule has 0 spiro atoms. The van der Waals surface area contributed by atoms with E-state index < -0.39 is 18.1 Å². The van der Waals surface area contributed by atoms with Crippen molar-refractivity contribution in [1.29, 1.82) is 0 Å². The number of aliphatic hydroxyl groups excluding tert-OH is 1. The van der Waals surface area contributed by atoms with Crippen molar-refractivity contribution < 1.29 is 34.1 Å². The van der Waals surface area contributed by atoms with E-state index in [4.69, 9.17) is 24.5 Å². The van der Waals surface area contributed by atoms with Crippen molar-refractivity contribution in [2.45, 2.75) is 18.9 Å². The van der Waals surface area contributed by atoms with Crippen LogP contribution in [0.5, 0.6) is 11.5 Å². The molecule has 1 atom stereocenters. The van der Waals surface area contributed by atoms with Crippen molar-refractivity contribution in [3.05, 3.63) is 78.4 Å². The van der Waals surface area contributed by atoms with E-state index in [1.165, 1.54) is 17.6 Å². The van der Waals surface area contributed by atoms with Gasteiger partial charge in [-0.25, -0.2) is 10.3 Å². The maximum Gasteiger partial charge on any atom is 0.412 e. The number of aliphatic hydroxyl groups is 1. The zero-order valence-electron chi connectivity index (χ0n) is 18.3. The van der Waals surface area contributed by atoms with Gasteiger partial charge >= 0.3 is 6.09 Å². The number of hydroxylamine groups is 1. The molecule has 2 amide bonds. The molecule has 0 fully saturated rings. The average Bonchev–Trinajstić information content (AvgIpc) is 2.84. The van der Waals surface area contributed by atoms with Crippen LogP contribution in [0.1, 0.15) is 24.5 Å². The Kier molecular flexibility index (Phi) is 11.0. The van der Waals surface area contributed by atoms with E-state index >= 15 is 0 Å². The van der Waals surface area contributed by atoms with Gasteiger partial charge in [-0.2, -0.15) is 0 Å². The van der Waals surface area contributed by atoms with E-state index in [2.05, 4.69) is 5.32 Å². The van der Waals surface area contributed by atoms with Gasteiger partial charge in [-0.3, -0.25) is 15.3 Å². The maximum atomic E-state index is 12.5. The smallest absolute Gasteiger partial charge is 0.412 e. The molecule has 0 unspecified atom stereocenters. The van der Waals surface area contributed by atoms with Gasteiger partial charge in [0.15, 0.2) is 0 Å². The van der Waals surface area contributed by atoms with Crippen LogP contribution in [-0.4, -0.2) is 42.6 Å². The number of anilines is 1. The Hall–Kier alpha value is -3.82. The average molecular weight is 456 g/mol. The van der Waals surface area contributed by atoms with Crippen LogP contribution in [0.25, 0.3) is 0 Å². The molecule has 0 heterocycles. The van der Waals surface area contributed by atoms with Gasteiger partial charge in [0.05, 0.1) is 13.7 Å². The first kappa shape index (κ1) is 25.4. The molecule has 0 bridgehead atoms. The normalized spacial score (nSPS) is 11.8. The summed E-state index contributed by atoms with van der Waals surface area (Å²) in [4.78, 5) is 23.4. The van der Waals surface area contributed by atoms with Gasteiger partial charge < -0.3 is 19.3 Å². The van der Waals surface area contributed by atoms with Crippen LogP contribution in [0.3, 0.4) is 0 Å². The molecule has 0 aliphatic rings. The minimum absolute atomic E-state index is 0.0836. The highest BCUT2D eigenvalue weighted by molar-refractivity contribution is 5.86. The van der Waals surface area contributed by atoms with Gasteiger partial charge in [-0.1, -0.05) is 30.4 Å². The highest BCUT2D eigenvalue weighted by atomic mass is 16.6. The fourth-order valence-electron chi connectivity index (χ4n) is 2.79. The number of ether oxygens (including phenoxy) is 3. The van der Waals surface area contributed by atoms with E-state index in [1.807, 2.05) is 6.08 Å². The Bertz CT molecular complexity index is 925. The summed E-state index contributed by atoms with van der Waals surface area (Å²) in [7, 11) is 1.56. The molecule has 4 N–H and O–H groups in total. The number of benzene rings is 2. The first-order valence-electron chi connectivity index (χ1n) is 10.3. The molecule has 0 saturated carbocycles. The molecule has 2 aromatic rings. The molecule has 0 aliphatic heterocycles. The molecule has 0 aliphatic carbocycles. The first-order chi connectivity index (χ1) is 16.0. The number of allylic oxidation sites excluding steroid dienone is 3. The second-order valence-corrected chi connectivity index (χ2v) is 6.73. The molecule has 2 aromatic carbocycles. The number of rotatable bonds is 12. The Morgan fingerprint density at radius 2 is 1.73 bits per heavy atom. The number of carbonyl (C=O) groups is 2. The summed E-state index contributed by atoms with van der Waals surface area (Å²) in [6.07, 6.45) is 6.06. The molecule has 9 heteroatoms. The number of methoxy groups -OCH3 is 1. The summed E-state index contributed by atoms with van der Waals surface area (Å²) in [5, 5.41) is 20.0. The fourth-order valence-corrected chi connectivity index (χ4v) is 2.79. The second kappa shape index (κ2) is 14.3. The summed E-state index contributed by atoms with van der Waals surface area (Å²) in [5.74, 6) is 0.647. The van der Waals surface area contributed by atoms with Gasteiger partial charge in [0.1, 0.15) is 24.2 Å². The molecule has 176 valence electrons. The lowest BCUT2D eigenvalue weighted by atomic mass is 10.0. The third-order valence-electron chi connectivity index (χ3n) is 4.40. The Morgan fingerprint density at radius 3 is 2.36 bits per heavy atom. The van der Waals surface area contributed by atoms with Crippen molar-refractivity contribution >= 4 is 17.7 Å². The van der Waals surface area contributed by atoms with Crippen molar-refractivity contribution in [2.24, 2.45) is 0 Å². The highest BCUT2D eigenvalue weighted by Crippen LogP contribution is 2.26. The molecule has 0 aromatic heterocycles. The monoisotopic (exact) mass is 456 g/mol. The van der Waals surface area contributed by atoms with Crippen LogP contribution >= 0.6 is 0 Å². The topological polar surface area (TPSA) is 126 Å². The molecule has 9 nitrogen and oxygen atoms in total. The Labute approximate surface area is 192 Å². The van der Waals surface area contributed by atoms with Crippen LogP contribution in [0.2, 0.25) is 0 Å². The number of hydrogen-bond acceptors (Lipinski definition) is 7. The molecular formula is C24H28N2O7. The van der Waals surface area contributed by atoms with Crippen LogP contribution in [0.4, 0.5) is 10.5 Å². The Balaban J connectivity index is 2.03. The molecular weight excluding hydrogens is 428 g/mol. The van der Waals surface area contributed by atoms with Gasteiger partial charge in [0.2, 0.25) is 0 Å². The lowest BCUT2D eigenvalue weighted by Gasteiger charge is -2.19. The van der Waals surface area contributed by atoms with E-state index in [9.17, 15) is 9.59 Å².